The van der Waals surface area contributed by atoms with E-state index in [0.29, 0.717) is 5.69 Å². The van der Waals surface area contributed by atoms with E-state index in [1.54, 1.807) is 17.4 Å². The molecular weight excluding hydrogens is 282 g/mol. The maximum atomic E-state index is 11.5. The fourth-order valence-corrected chi connectivity index (χ4v) is 2.96. The average Bonchev–Trinajstić information content (AvgIpc) is 2.91. The quantitative estimate of drug-likeness (QED) is 0.798. The number of carbonyl (C=O) groups excluding carboxylic acids is 1. The Labute approximate surface area is 125 Å². The van der Waals surface area contributed by atoms with E-state index in [2.05, 4.69) is 10.3 Å². The van der Waals surface area contributed by atoms with Crippen molar-refractivity contribution in [3.05, 3.63) is 48.5 Å². The van der Waals surface area contributed by atoms with Crippen LogP contribution in [0.25, 0.3) is 20.8 Å². The minimum Gasteiger partial charge on any atom is -0.325 e. The summed E-state index contributed by atoms with van der Waals surface area (Å²) < 4.78 is 1.13. The number of hydrogen-bond donors (Lipinski definition) is 1. The Morgan fingerprint density at radius 2 is 2.10 bits per heavy atom. The molecule has 3 rings (SSSR count). The molecule has 0 spiro atoms. The number of nitrogens with zero attached hydrogens (tertiary/aromatic N) is 2. The van der Waals surface area contributed by atoms with Crippen molar-refractivity contribution in [2.24, 2.45) is 0 Å². The SMILES string of the molecule is N#CCC(=O)Nc1cccc(-c2nc3ccccc3s2)c1. The first kappa shape index (κ1) is 13.3. The molecule has 4 nitrogen and oxygen atoms in total. The fourth-order valence-electron chi connectivity index (χ4n) is 2.00. The highest BCUT2D eigenvalue weighted by molar-refractivity contribution is 7.21. The highest BCUT2D eigenvalue weighted by Gasteiger charge is 2.07. The fraction of sp³-hybridized carbons (Fsp3) is 0.0625. The molecule has 1 amide bonds. The Morgan fingerprint density at radius 1 is 1.24 bits per heavy atom. The Morgan fingerprint density at radius 3 is 2.90 bits per heavy atom. The van der Waals surface area contributed by atoms with Crippen LogP contribution < -0.4 is 5.32 Å². The number of para-hydroxylation sites is 1. The predicted molar refractivity (Wildman–Crippen MR) is 83.9 cm³/mol. The number of thiazole rings is 1. The predicted octanol–water partition coefficient (Wildman–Crippen LogP) is 3.82. The lowest BCUT2D eigenvalue weighted by atomic mass is 10.2. The second-order valence-electron chi connectivity index (χ2n) is 4.45. The molecule has 1 aromatic heterocycles. The van der Waals surface area contributed by atoms with Crippen LogP contribution in [-0.2, 0) is 4.79 Å². The van der Waals surface area contributed by atoms with E-state index in [1.165, 1.54) is 0 Å². The van der Waals surface area contributed by atoms with Gasteiger partial charge in [-0.05, 0) is 24.3 Å². The van der Waals surface area contributed by atoms with Crippen molar-refractivity contribution in [2.45, 2.75) is 6.42 Å². The third-order valence-corrected chi connectivity index (χ3v) is 4.01. The minimum absolute atomic E-state index is 0.147. The Bertz CT molecular complexity index is 815. The molecule has 0 aliphatic carbocycles. The average molecular weight is 293 g/mol. The van der Waals surface area contributed by atoms with E-state index in [4.69, 9.17) is 5.26 Å². The maximum Gasteiger partial charge on any atom is 0.238 e. The van der Waals surface area contributed by atoms with Crippen LogP contribution in [0.3, 0.4) is 0 Å². The van der Waals surface area contributed by atoms with Gasteiger partial charge >= 0.3 is 0 Å². The first-order valence-corrected chi connectivity index (χ1v) is 7.21. The number of nitriles is 1. The second-order valence-corrected chi connectivity index (χ2v) is 5.48. The highest BCUT2D eigenvalue weighted by atomic mass is 32.1. The van der Waals surface area contributed by atoms with Gasteiger partial charge < -0.3 is 5.32 Å². The first-order chi connectivity index (χ1) is 10.3. The van der Waals surface area contributed by atoms with E-state index >= 15 is 0 Å². The van der Waals surface area contributed by atoms with Crippen LogP contribution in [0.4, 0.5) is 5.69 Å². The molecule has 0 fully saturated rings. The normalized spacial score (nSPS) is 10.2. The molecule has 0 radical (unpaired) electrons. The van der Waals surface area contributed by atoms with Crippen molar-refractivity contribution in [2.75, 3.05) is 5.32 Å². The number of rotatable bonds is 3. The van der Waals surface area contributed by atoms with Crippen LogP contribution >= 0.6 is 11.3 Å². The molecule has 0 aliphatic heterocycles. The summed E-state index contributed by atoms with van der Waals surface area (Å²) in [6.07, 6.45) is -0.147. The van der Waals surface area contributed by atoms with Gasteiger partial charge in [0.25, 0.3) is 0 Å². The summed E-state index contributed by atoms with van der Waals surface area (Å²) in [5.74, 6) is -0.307. The molecular formula is C16H11N3OS. The summed E-state index contributed by atoms with van der Waals surface area (Å²) in [5, 5.41) is 12.1. The molecule has 102 valence electrons. The van der Waals surface area contributed by atoms with Crippen LogP contribution in [-0.4, -0.2) is 10.9 Å². The molecule has 0 saturated heterocycles. The van der Waals surface area contributed by atoms with E-state index in [9.17, 15) is 4.79 Å². The van der Waals surface area contributed by atoms with Crippen molar-refractivity contribution in [3.8, 4) is 16.6 Å². The molecule has 5 heteroatoms. The third-order valence-electron chi connectivity index (χ3n) is 2.93. The summed E-state index contributed by atoms with van der Waals surface area (Å²) >= 11 is 1.61. The van der Waals surface area contributed by atoms with Gasteiger partial charge in [-0.3, -0.25) is 4.79 Å². The second kappa shape index (κ2) is 5.73. The molecule has 0 saturated carbocycles. The van der Waals surface area contributed by atoms with E-state index in [-0.39, 0.29) is 12.3 Å². The Balaban J connectivity index is 1.92. The summed E-state index contributed by atoms with van der Waals surface area (Å²) in [6.45, 7) is 0. The van der Waals surface area contributed by atoms with Gasteiger partial charge in [0, 0.05) is 11.3 Å². The monoisotopic (exact) mass is 293 g/mol. The van der Waals surface area contributed by atoms with E-state index in [1.807, 2.05) is 48.5 Å². The molecule has 0 unspecified atom stereocenters. The van der Waals surface area contributed by atoms with Crippen LogP contribution in [0.5, 0.6) is 0 Å². The van der Waals surface area contributed by atoms with Crippen molar-refractivity contribution in [1.82, 2.24) is 4.98 Å². The highest BCUT2D eigenvalue weighted by Crippen LogP contribution is 2.31. The number of aromatic nitrogens is 1. The van der Waals surface area contributed by atoms with E-state index < -0.39 is 0 Å². The number of carbonyl (C=O) groups is 1. The Hall–Kier alpha value is -2.71. The zero-order chi connectivity index (χ0) is 14.7. The van der Waals surface area contributed by atoms with Crippen molar-refractivity contribution < 1.29 is 4.79 Å². The zero-order valence-corrected chi connectivity index (χ0v) is 11.9. The van der Waals surface area contributed by atoms with Crippen molar-refractivity contribution >= 4 is 33.1 Å². The number of amides is 1. The number of fused-ring (bicyclic) bond motifs is 1. The van der Waals surface area contributed by atoms with Gasteiger partial charge in [0.05, 0.1) is 16.3 Å². The summed E-state index contributed by atoms with van der Waals surface area (Å²) in [5.41, 5.74) is 2.59. The minimum atomic E-state index is -0.307. The van der Waals surface area contributed by atoms with Gasteiger partial charge in [0.1, 0.15) is 11.4 Å². The summed E-state index contributed by atoms with van der Waals surface area (Å²) in [4.78, 5) is 16.0. The van der Waals surface area contributed by atoms with Crippen LogP contribution in [0.2, 0.25) is 0 Å². The molecule has 0 bridgehead atoms. The topological polar surface area (TPSA) is 65.8 Å². The van der Waals surface area contributed by atoms with Gasteiger partial charge in [-0.25, -0.2) is 4.98 Å². The van der Waals surface area contributed by atoms with Crippen LogP contribution in [0.15, 0.2) is 48.5 Å². The van der Waals surface area contributed by atoms with Gasteiger partial charge in [-0.2, -0.15) is 5.26 Å². The van der Waals surface area contributed by atoms with Crippen LogP contribution in [0.1, 0.15) is 6.42 Å². The summed E-state index contributed by atoms with van der Waals surface area (Å²) in [7, 11) is 0. The molecule has 1 heterocycles. The maximum absolute atomic E-state index is 11.5. The molecule has 3 aromatic rings. The molecule has 1 N–H and O–H groups in total. The number of nitrogens with one attached hydrogen (secondary N) is 1. The summed E-state index contributed by atoms with van der Waals surface area (Å²) in [6, 6.07) is 17.3. The molecule has 0 atom stereocenters. The number of benzene rings is 2. The van der Waals surface area contributed by atoms with Crippen LogP contribution in [0, 0.1) is 11.3 Å². The lowest BCUT2D eigenvalue weighted by Gasteiger charge is -2.04. The lowest BCUT2D eigenvalue weighted by Crippen LogP contribution is -2.09. The van der Waals surface area contributed by atoms with Gasteiger partial charge in [0.2, 0.25) is 5.91 Å². The van der Waals surface area contributed by atoms with E-state index in [0.717, 1.165) is 20.8 Å². The van der Waals surface area contributed by atoms with Gasteiger partial charge in [0.15, 0.2) is 0 Å². The molecule has 0 aliphatic rings. The smallest absolute Gasteiger partial charge is 0.238 e. The third kappa shape index (κ3) is 2.91. The standard InChI is InChI=1S/C16H11N3OS/c17-9-8-15(20)18-12-5-3-4-11(10-12)16-19-13-6-1-2-7-14(13)21-16/h1-7,10H,8H2,(H,18,20). The van der Waals surface area contributed by atoms with Crippen molar-refractivity contribution in [1.29, 1.82) is 5.26 Å². The zero-order valence-electron chi connectivity index (χ0n) is 11.0. The number of anilines is 1. The largest absolute Gasteiger partial charge is 0.325 e. The van der Waals surface area contributed by atoms with Gasteiger partial charge in [-0.15, -0.1) is 11.3 Å². The number of hydrogen-bond acceptors (Lipinski definition) is 4. The van der Waals surface area contributed by atoms with Crippen molar-refractivity contribution in [3.63, 3.8) is 0 Å². The van der Waals surface area contributed by atoms with Gasteiger partial charge in [-0.1, -0.05) is 24.3 Å². The molecule has 21 heavy (non-hydrogen) atoms. The lowest BCUT2D eigenvalue weighted by molar-refractivity contribution is -0.115. The Kier molecular flexibility index (Phi) is 3.63. The first-order valence-electron chi connectivity index (χ1n) is 6.39. The molecule has 2 aromatic carbocycles.